The van der Waals surface area contributed by atoms with Crippen molar-refractivity contribution in [1.29, 1.82) is 0 Å². The van der Waals surface area contributed by atoms with Gasteiger partial charge in [-0.3, -0.25) is 0 Å². The first kappa shape index (κ1) is 6.62. The van der Waals surface area contributed by atoms with Gasteiger partial charge in [0, 0.05) is 5.70 Å². The summed E-state index contributed by atoms with van der Waals surface area (Å²) in [6.07, 6.45) is 2.06. The van der Waals surface area contributed by atoms with E-state index in [1.54, 1.807) is 0 Å². The molecule has 1 saturated heterocycles. The van der Waals surface area contributed by atoms with Gasteiger partial charge in [-0.1, -0.05) is 0 Å². The maximum Gasteiger partial charge on any atom is 0.0504 e. The molecule has 9 heavy (non-hydrogen) atoms. The first-order chi connectivity index (χ1) is 4.30. The van der Waals surface area contributed by atoms with E-state index in [9.17, 15) is 0 Å². The van der Waals surface area contributed by atoms with Gasteiger partial charge in [0.05, 0.1) is 13.2 Å². The van der Waals surface area contributed by atoms with E-state index < -0.39 is 0 Å². The van der Waals surface area contributed by atoms with Crippen molar-refractivity contribution in [2.75, 3.05) is 13.2 Å². The molecular formula is C7H13NO. The van der Waals surface area contributed by atoms with Crippen LogP contribution in [0.15, 0.2) is 11.3 Å². The minimum absolute atomic E-state index is 0.851. The standard InChI is InChI=1S/C7H13NO/c1-6(8)7-2-4-9-5-3-7/h2-5,8H2,1H3. The number of rotatable bonds is 0. The third-order valence-electron chi connectivity index (χ3n) is 1.65. The second-order valence-electron chi connectivity index (χ2n) is 2.40. The van der Waals surface area contributed by atoms with Crippen molar-refractivity contribution in [2.45, 2.75) is 19.8 Å². The molecule has 0 spiro atoms. The van der Waals surface area contributed by atoms with Gasteiger partial charge >= 0.3 is 0 Å². The first-order valence-electron chi connectivity index (χ1n) is 3.32. The SMILES string of the molecule is CC(N)=C1CCOCC1. The van der Waals surface area contributed by atoms with E-state index in [1.165, 1.54) is 5.57 Å². The summed E-state index contributed by atoms with van der Waals surface area (Å²) < 4.78 is 5.16. The maximum atomic E-state index is 5.59. The van der Waals surface area contributed by atoms with E-state index in [-0.39, 0.29) is 0 Å². The smallest absolute Gasteiger partial charge is 0.0504 e. The monoisotopic (exact) mass is 127 g/mol. The van der Waals surface area contributed by atoms with Gasteiger partial charge in [-0.15, -0.1) is 0 Å². The molecule has 0 aromatic carbocycles. The van der Waals surface area contributed by atoms with Gasteiger partial charge in [0.1, 0.15) is 0 Å². The Hall–Kier alpha value is -0.500. The van der Waals surface area contributed by atoms with Gasteiger partial charge in [-0.25, -0.2) is 0 Å². The molecule has 0 amide bonds. The van der Waals surface area contributed by atoms with E-state index in [0.29, 0.717) is 0 Å². The average molecular weight is 127 g/mol. The van der Waals surface area contributed by atoms with Gasteiger partial charge in [0.25, 0.3) is 0 Å². The van der Waals surface area contributed by atoms with Crippen molar-refractivity contribution in [2.24, 2.45) is 5.73 Å². The summed E-state index contributed by atoms with van der Waals surface area (Å²) in [6.45, 7) is 3.66. The molecular weight excluding hydrogens is 114 g/mol. The number of allylic oxidation sites excluding steroid dienone is 1. The van der Waals surface area contributed by atoms with Crippen LogP contribution in [-0.2, 0) is 4.74 Å². The minimum atomic E-state index is 0.851. The Kier molecular flexibility index (Phi) is 2.11. The Labute approximate surface area is 55.7 Å². The van der Waals surface area contributed by atoms with Crippen LogP contribution in [0.1, 0.15) is 19.8 Å². The predicted octanol–water partition coefficient (Wildman–Crippen LogP) is 1.03. The fraction of sp³-hybridized carbons (Fsp3) is 0.714. The number of hydrogen-bond donors (Lipinski definition) is 1. The van der Waals surface area contributed by atoms with E-state index >= 15 is 0 Å². The summed E-state index contributed by atoms with van der Waals surface area (Å²) in [5.41, 5.74) is 7.95. The van der Waals surface area contributed by atoms with E-state index in [0.717, 1.165) is 31.8 Å². The van der Waals surface area contributed by atoms with Crippen LogP contribution in [0.25, 0.3) is 0 Å². The lowest BCUT2D eigenvalue weighted by atomic mass is 10.1. The third-order valence-corrected chi connectivity index (χ3v) is 1.65. The number of nitrogens with two attached hydrogens (primary N) is 1. The molecule has 1 fully saturated rings. The molecule has 1 aliphatic heterocycles. The lowest BCUT2D eigenvalue weighted by Gasteiger charge is -2.15. The molecule has 2 nitrogen and oxygen atoms in total. The van der Waals surface area contributed by atoms with Crippen molar-refractivity contribution < 1.29 is 4.74 Å². The largest absolute Gasteiger partial charge is 0.402 e. The zero-order valence-corrected chi connectivity index (χ0v) is 5.81. The number of ether oxygens (including phenoxy) is 1. The quantitative estimate of drug-likeness (QED) is 0.527. The highest BCUT2D eigenvalue weighted by Gasteiger charge is 2.05. The molecule has 2 N–H and O–H groups in total. The average Bonchev–Trinajstić information content (AvgIpc) is 1.90. The minimum Gasteiger partial charge on any atom is -0.402 e. The van der Waals surface area contributed by atoms with Crippen molar-refractivity contribution >= 4 is 0 Å². The zero-order chi connectivity index (χ0) is 6.69. The molecule has 0 aliphatic carbocycles. The summed E-state index contributed by atoms with van der Waals surface area (Å²) in [6, 6.07) is 0. The molecule has 1 aliphatic rings. The summed E-state index contributed by atoms with van der Waals surface area (Å²) in [7, 11) is 0. The van der Waals surface area contributed by atoms with Crippen molar-refractivity contribution in [3.05, 3.63) is 11.3 Å². The van der Waals surface area contributed by atoms with Crippen LogP contribution in [0, 0.1) is 0 Å². The summed E-state index contributed by atoms with van der Waals surface area (Å²) in [4.78, 5) is 0. The number of hydrogen-bond acceptors (Lipinski definition) is 2. The fourth-order valence-corrected chi connectivity index (χ4v) is 1.01. The van der Waals surface area contributed by atoms with Gasteiger partial charge in [-0.2, -0.15) is 0 Å². The van der Waals surface area contributed by atoms with Crippen LogP contribution in [-0.4, -0.2) is 13.2 Å². The normalized spacial score (nSPS) is 19.9. The zero-order valence-electron chi connectivity index (χ0n) is 5.81. The lowest BCUT2D eigenvalue weighted by molar-refractivity contribution is 0.118. The van der Waals surface area contributed by atoms with Crippen LogP contribution in [0.4, 0.5) is 0 Å². The van der Waals surface area contributed by atoms with Crippen LogP contribution in [0.3, 0.4) is 0 Å². The predicted molar refractivity (Wildman–Crippen MR) is 36.9 cm³/mol. The molecule has 0 atom stereocenters. The molecule has 0 aromatic heterocycles. The van der Waals surface area contributed by atoms with Crippen LogP contribution in [0.5, 0.6) is 0 Å². The highest BCUT2D eigenvalue weighted by Crippen LogP contribution is 2.14. The maximum absolute atomic E-state index is 5.59. The highest BCUT2D eigenvalue weighted by molar-refractivity contribution is 5.09. The third kappa shape index (κ3) is 1.72. The molecule has 0 bridgehead atoms. The molecule has 0 radical (unpaired) electrons. The van der Waals surface area contributed by atoms with E-state index in [2.05, 4.69) is 0 Å². The first-order valence-corrected chi connectivity index (χ1v) is 3.32. The van der Waals surface area contributed by atoms with Crippen molar-refractivity contribution in [3.63, 3.8) is 0 Å². The molecule has 0 unspecified atom stereocenters. The van der Waals surface area contributed by atoms with Crippen LogP contribution in [0.2, 0.25) is 0 Å². The Balaban J connectivity index is 2.49. The molecule has 1 rings (SSSR count). The molecule has 0 saturated carbocycles. The van der Waals surface area contributed by atoms with Crippen LogP contribution < -0.4 is 5.73 Å². The van der Waals surface area contributed by atoms with Crippen LogP contribution >= 0.6 is 0 Å². The van der Waals surface area contributed by atoms with Gasteiger partial charge in [0.2, 0.25) is 0 Å². The Morgan fingerprint density at radius 2 is 2.00 bits per heavy atom. The summed E-state index contributed by atoms with van der Waals surface area (Å²) in [5.74, 6) is 0. The van der Waals surface area contributed by atoms with E-state index in [1.807, 2.05) is 6.92 Å². The fourth-order valence-electron chi connectivity index (χ4n) is 1.01. The molecule has 1 heterocycles. The lowest BCUT2D eigenvalue weighted by Crippen LogP contribution is -2.11. The Morgan fingerprint density at radius 1 is 1.44 bits per heavy atom. The summed E-state index contributed by atoms with van der Waals surface area (Å²) in [5, 5.41) is 0. The second kappa shape index (κ2) is 2.87. The molecule has 2 heteroatoms. The summed E-state index contributed by atoms with van der Waals surface area (Å²) >= 11 is 0. The van der Waals surface area contributed by atoms with Gasteiger partial charge in [0.15, 0.2) is 0 Å². The van der Waals surface area contributed by atoms with Gasteiger partial charge < -0.3 is 10.5 Å². The highest BCUT2D eigenvalue weighted by atomic mass is 16.5. The van der Waals surface area contributed by atoms with Gasteiger partial charge in [-0.05, 0) is 25.3 Å². The Bertz CT molecular complexity index is 117. The molecule has 52 valence electrons. The Morgan fingerprint density at radius 3 is 2.33 bits per heavy atom. The van der Waals surface area contributed by atoms with E-state index in [4.69, 9.17) is 10.5 Å². The second-order valence-corrected chi connectivity index (χ2v) is 2.40. The topological polar surface area (TPSA) is 35.2 Å². The van der Waals surface area contributed by atoms with Crippen molar-refractivity contribution in [3.8, 4) is 0 Å². The van der Waals surface area contributed by atoms with Crippen molar-refractivity contribution in [1.82, 2.24) is 0 Å². The molecule has 0 aromatic rings.